The molecule has 7 heteroatoms. The molecule has 0 aliphatic heterocycles. The summed E-state index contributed by atoms with van der Waals surface area (Å²) in [6.07, 6.45) is 2.77. The molecule has 20 heavy (non-hydrogen) atoms. The molecule has 0 radical (unpaired) electrons. The lowest BCUT2D eigenvalue weighted by molar-refractivity contribution is 0.991. The van der Waals surface area contributed by atoms with Crippen molar-refractivity contribution >= 4 is 54.5 Å². The van der Waals surface area contributed by atoms with Crippen LogP contribution in [0.1, 0.15) is 5.56 Å². The number of benzene rings is 1. The quantitative estimate of drug-likeness (QED) is 0.562. The predicted octanol–water partition coefficient (Wildman–Crippen LogP) is 3.77. The van der Waals surface area contributed by atoms with Gasteiger partial charge in [0, 0.05) is 10.2 Å². The van der Waals surface area contributed by atoms with E-state index in [1.807, 2.05) is 0 Å². The number of halogens is 1. The van der Waals surface area contributed by atoms with E-state index in [4.69, 9.17) is 5.73 Å². The summed E-state index contributed by atoms with van der Waals surface area (Å²) < 4.78 is 2.03. The number of hydrogen-bond donors (Lipinski definition) is 1. The van der Waals surface area contributed by atoms with E-state index >= 15 is 0 Å². The second-order valence-electron chi connectivity index (χ2n) is 4.12. The topological polar surface area (TPSA) is 64.7 Å². The molecule has 0 atom stereocenters. The minimum Gasteiger partial charge on any atom is -0.375 e. The molecule has 0 amide bonds. The maximum absolute atomic E-state index is 5.66. The molecule has 0 fully saturated rings. The van der Waals surface area contributed by atoms with Gasteiger partial charge in [0.15, 0.2) is 15.9 Å². The van der Waals surface area contributed by atoms with Gasteiger partial charge in [0.1, 0.15) is 0 Å². The van der Waals surface area contributed by atoms with Gasteiger partial charge in [0.05, 0.1) is 10.9 Å². The van der Waals surface area contributed by atoms with E-state index in [-0.39, 0.29) is 0 Å². The van der Waals surface area contributed by atoms with E-state index in [9.17, 15) is 0 Å². The number of thioether (sulfide) groups is 1. The van der Waals surface area contributed by atoms with Crippen molar-refractivity contribution in [3.63, 3.8) is 0 Å². The molecule has 0 spiro atoms. The van der Waals surface area contributed by atoms with Crippen LogP contribution in [0, 0.1) is 0 Å². The average Bonchev–Trinajstić information content (AvgIpc) is 2.80. The Bertz CT molecular complexity index is 727. The fourth-order valence-corrected chi connectivity index (χ4v) is 3.43. The summed E-state index contributed by atoms with van der Waals surface area (Å²) in [6.45, 7) is 0. The molecule has 3 rings (SSSR count). The van der Waals surface area contributed by atoms with E-state index < -0.39 is 0 Å². The SMILES string of the molecule is Nc1nc2nc(SCCc3ccc(Br)cc3)ncc2s1. The van der Waals surface area contributed by atoms with E-state index in [2.05, 4.69) is 55.1 Å². The number of aromatic nitrogens is 3. The third kappa shape index (κ3) is 3.28. The Morgan fingerprint density at radius 1 is 1.20 bits per heavy atom. The van der Waals surface area contributed by atoms with Crippen LogP contribution in [0.3, 0.4) is 0 Å². The molecule has 0 saturated heterocycles. The molecule has 0 unspecified atom stereocenters. The van der Waals surface area contributed by atoms with Gasteiger partial charge in [-0.05, 0) is 24.1 Å². The third-order valence-corrected chi connectivity index (χ3v) is 4.88. The Labute approximate surface area is 133 Å². The fourth-order valence-electron chi connectivity index (χ4n) is 1.72. The zero-order valence-corrected chi connectivity index (χ0v) is 13.6. The lowest BCUT2D eigenvalue weighted by Crippen LogP contribution is -1.92. The molecular weight excluding hydrogens is 356 g/mol. The van der Waals surface area contributed by atoms with Crippen LogP contribution in [0.5, 0.6) is 0 Å². The summed E-state index contributed by atoms with van der Waals surface area (Å²) in [6, 6.07) is 8.35. The molecule has 4 nitrogen and oxygen atoms in total. The number of aryl methyl sites for hydroxylation is 1. The highest BCUT2D eigenvalue weighted by Gasteiger charge is 2.05. The first-order valence-corrected chi connectivity index (χ1v) is 8.56. The molecule has 0 aliphatic rings. The number of rotatable bonds is 4. The van der Waals surface area contributed by atoms with Crippen LogP contribution in [0.25, 0.3) is 10.3 Å². The maximum Gasteiger partial charge on any atom is 0.189 e. The van der Waals surface area contributed by atoms with Crippen molar-refractivity contribution in [3.8, 4) is 0 Å². The van der Waals surface area contributed by atoms with Crippen molar-refractivity contribution in [3.05, 3.63) is 40.5 Å². The van der Waals surface area contributed by atoms with Crippen molar-refractivity contribution in [1.82, 2.24) is 15.0 Å². The fraction of sp³-hybridized carbons (Fsp3) is 0.154. The number of nitrogens with zero attached hydrogens (tertiary/aromatic N) is 3. The Kier molecular flexibility index (Phi) is 4.18. The molecule has 2 heterocycles. The first kappa shape index (κ1) is 13.8. The highest BCUT2D eigenvalue weighted by atomic mass is 79.9. The molecule has 0 saturated carbocycles. The Morgan fingerprint density at radius 2 is 2.00 bits per heavy atom. The van der Waals surface area contributed by atoms with Crippen LogP contribution in [-0.4, -0.2) is 20.7 Å². The average molecular weight is 367 g/mol. The monoisotopic (exact) mass is 366 g/mol. The van der Waals surface area contributed by atoms with Gasteiger partial charge in [-0.15, -0.1) is 0 Å². The second-order valence-corrected chi connectivity index (χ2v) is 7.16. The molecule has 1 aromatic carbocycles. The predicted molar refractivity (Wildman–Crippen MR) is 88.2 cm³/mol. The Balaban J connectivity index is 1.63. The van der Waals surface area contributed by atoms with Crippen LogP contribution in [0.4, 0.5) is 5.13 Å². The molecule has 2 N–H and O–H groups in total. The summed E-state index contributed by atoms with van der Waals surface area (Å²) in [5.74, 6) is 0.937. The van der Waals surface area contributed by atoms with Crippen LogP contribution < -0.4 is 5.73 Å². The lowest BCUT2D eigenvalue weighted by atomic mass is 10.2. The van der Waals surface area contributed by atoms with Gasteiger partial charge in [0.25, 0.3) is 0 Å². The molecule has 2 aromatic heterocycles. The minimum atomic E-state index is 0.534. The van der Waals surface area contributed by atoms with Gasteiger partial charge >= 0.3 is 0 Å². The summed E-state index contributed by atoms with van der Waals surface area (Å²) in [5.41, 5.74) is 7.65. The molecular formula is C13H11BrN4S2. The molecule has 102 valence electrons. The maximum atomic E-state index is 5.66. The van der Waals surface area contributed by atoms with Gasteiger partial charge in [-0.25, -0.2) is 15.0 Å². The number of hydrogen-bond acceptors (Lipinski definition) is 6. The van der Waals surface area contributed by atoms with E-state index in [1.54, 1.807) is 18.0 Å². The van der Waals surface area contributed by atoms with E-state index in [0.717, 1.165) is 26.5 Å². The van der Waals surface area contributed by atoms with Gasteiger partial charge < -0.3 is 5.73 Å². The van der Waals surface area contributed by atoms with Gasteiger partial charge in [0.2, 0.25) is 0 Å². The summed E-state index contributed by atoms with van der Waals surface area (Å²) >= 11 is 6.48. The third-order valence-electron chi connectivity index (χ3n) is 2.68. The van der Waals surface area contributed by atoms with Gasteiger partial charge in [-0.3, -0.25) is 0 Å². The Morgan fingerprint density at radius 3 is 2.80 bits per heavy atom. The number of thiazole rings is 1. The highest BCUT2D eigenvalue weighted by Crippen LogP contribution is 2.24. The molecule has 0 aliphatic carbocycles. The first-order chi connectivity index (χ1) is 9.70. The van der Waals surface area contributed by atoms with E-state index in [0.29, 0.717) is 10.8 Å². The first-order valence-electron chi connectivity index (χ1n) is 5.97. The molecule has 3 aromatic rings. The van der Waals surface area contributed by atoms with Gasteiger partial charge in [-0.1, -0.05) is 51.2 Å². The van der Waals surface area contributed by atoms with Crippen molar-refractivity contribution < 1.29 is 0 Å². The van der Waals surface area contributed by atoms with Gasteiger partial charge in [-0.2, -0.15) is 0 Å². The van der Waals surface area contributed by atoms with Crippen LogP contribution in [0.15, 0.2) is 40.1 Å². The summed E-state index contributed by atoms with van der Waals surface area (Å²) in [5, 5.41) is 1.28. The van der Waals surface area contributed by atoms with Crippen LogP contribution in [-0.2, 0) is 6.42 Å². The van der Waals surface area contributed by atoms with Crippen molar-refractivity contribution in [2.75, 3.05) is 11.5 Å². The van der Waals surface area contributed by atoms with Crippen molar-refractivity contribution in [1.29, 1.82) is 0 Å². The normalized spacial score (nSPS) is 11.1. The van der Waals surface area contributed by atoms with Crippen LogP contribution >= 0.6 is 39.0 Å². The number of anilines is 1. The van der Waals surface area contributed by atoms with Crippen molar-refractivity contribution in [2.45, 2.75) is 11.6 Å². The standard InChI is InChI=1S/C13H11BrN4S2/c14-9-3-1-8(2-4-9)5-6-19-13-16-7-10-11(18-13)17-12(15)20-10/h1-4,7H,5-6H2,(H2,15,16,17,18). The number of nitrogens with two attached hydrogens (primary N) is 1. The molecule has 0 bridgehead atoms. The smallest absolute Gasteiger partial charge is 0.189 e. The van der Waals surface area contributed by atoms with E-state index in [1.165, 1.54) is 16.9 Å². The second kappa shape index (κ2) is 6.07. The highest BCUT2D eigenvalue weighted by molar-refractivity contribution is 9.10. The van der Waals surface area contributed by atoms with Crippen molar-refractivity contribution in [2.24, 2.45) is 0 Å². The summed E-state index contributed by atoms with van der Waals surface area (Å²) in [7, 11) is 0. The lowest BCUT2D eigenvalue weighted by Gasteiger charge is -2.01. The Hall–Kier alpha value is -1.18. The number of fused-ring (bicyclic) bond motifs is 1. The zero-order valence-electron chi connectivity index (χ0n) is 10.4. The zero-order chi connectivity index (χ0) is 13.9. The number of nitrogen functional groups attached to an aromatic ring is 1. The minimum absolute atomic E-state index is 0.534. The largest absolute Gasteiger partial charge is 0.375 e. The summed E-state index contributed by atoms with van der Waals surface area (Å²) in [4.78, 5) is 12.9. The van der Waals surface area contributed by atoms with Crippen LogP contribution in [0.2, 0.25) is 0 Å².